The molecule has 2 aromatic rings. The van der Waals surface area contributed by atoms with Crippen molar-refractivity contribution in [3.63, 3.8) is 0 Å². The van der Waals surface area contributed by atoms with Crippen LogP contribution < -0.4 is 21.3 Å². The van der Waals surface area contributed by atoms with Crippen LogP contribution in [0.4, 0.5) is 0 Å². The molecule has 3 atom stereocenters. The van der Waals surface area contributed by atoms with Crippen LogP contribution in [0.25, 0.3) is 11.4 Å². The normalized spacial score (nSPS) is 22.8. The second-order valence-electron chi connectivity index (χ2n) is 7.47. The zero-order valence-corrected chi connectivity index (χ0v) is 15.3. The Morgan fingerprint density at radius 2 is 2.07 bits per heavy atom. The van der Waals surface area contributed by atoms with Crippen molar-refractivity contribution in [2.75, 3.05) is 6.61 Å². The average Bonchev–Trinajstić information content (AvgIpc) is 2.94. The minimum absolute atomic E-state index is 0.104. The molecular formula is C17H23N5O5. The second kappa shape index (κ2) is 7.22. The first-order valence-electron chi connectivity index (χ1n) is 8.61. The van der Waals surface area contributed by atoms with Gasteiger partial charge in [0.25, 0.3) is 5.56 Å². The van der Waals surface area contributed by atoms with Crippen LogP contribution in [0.1, 0.15) is 38.8 Å². The Kier molecular flexibility index (Phi) is 5.13. The van der Waals surface area contributed by atoms with Gasteiger partial charge in [-0.1, -0.05) is 0 Å². The van der Waals surface area contributed by atoms with Crippen LogP contribution in [0.5, 0.6) is 5.88 Å². The number of aromatic amines is 2. The molecule has 0 saturated carbocycles. The van der Waals surface area contributed by atoms with E-state index in [1.165, 1.54) is 12.4 Å². The monoisotopic (exact) mass is 377 g/mol. The van der Waals surface area contributed by atoms with Gasteiger partial charge < -0.3 is 25.3 Å². The van der Waals surface area contributed by atoms with Gasteiger partial charge in [-0.3, -0.25) is 9.78 Å². The average molecular weight is 377 g/mol. The smallest absolute Gasteiger partial charge is 0.325 e. The highest BCUT2D eigenvalue weighted by molar-refractivity contribution is 5.53. The van der Waals surface area contributed by atoms with Crippen LogP contribution in [0, 0.1) is 0 Å². The van der Waals surface area contributed by atoms with E-state index in [0.29, 0.717) is 12.0 Å². The van der Waals surface area contributed by atoms with Crippen LogP contribution in [-0.4, -0.2) is 54.5 Å². The molecule has 0 aliphatic carbocycles. The Morgan fingerprint density at radius 3 is 2.67 bits per heavy atom. The van der Waals surface area contributed by atoms with Gasteiger partial charge in [0.2, 0.25) is 5.88 Å². The minimum atomic E-state index is -0.704. The van der Waals surface area contributed by atoms with E-state index < -0.39 is 29.0 Å². The van der Waals surface area contributed by atoms with E-state index in [-0.39, 0.29) is 29.9 Å². The minimum Gasteiger partial charge on any atom is -0.472 e. The fourth-order valence-electron chi connectivity index (χ4n) is 2.93. The summed E-state index contributed by atoms with van der Waals surface area (Å²) in [5, 5.41) is 22.5. The SMILES string of the molecule is CC(C)(C)Oc1nc(-c2c[nH]c(=O)[nH]c2=O)ncc1C1C[C@H](O)[C@H](CO)N1. The molecule has 1 saturated heterocycles. The highest BCUT2D eigenvalue weighted by atomic mass is 16.5. The number of nitrogens with zero attached hydrogens (tertiary/aromatic N) is 2. The maximum atomic E-state index is 12.0. The lowest BCUT2D eigenvalue weighted by Gasteiger charge is -2.24. The third-order valence-electron chi connectivity index (χ3n) is 4.17. The third-order valence-corrected chi connectivity index (χ3v) is 4.17. The van der Waals surface area contributed by atoms with Crippen molar-refractivity contribution in [2.24, 2.45) is 0 Å². The van der Waals surface area contributed by atoms with E-state index in [1.54, 1.807) is 0 Å². The first-order valence-corrected chi connectivity index (χ1v) is 8.61. The Hall–Kier alpha value is -2.56. The molecule has 10 nitrogen and oxygen atoms in total. The van der Waals surface area contributed by atoms with Gasteiger partial charge in [0.05, 0.1) is 18.8 Å². The van der Waals surface area contributed by atoms with Crippen molar-refractivity contribution < 1.29 is 14.9 Å². The van der Waals surface area contributed by atoms with Gasteiger partial charge in [0, 0.05) is 24.0 Å². The highest BCUT2D eigenvalue weighted by Crippen LogP contribution is 2.33. The van der Waals surface area contributed by atoms with Crippen LogP contribution in [0.15, 0.2) is 22.0 Å². The number of H-pyrrole nitrogens is 2. The molecule has 0 spiro atoms. The number of ether oxygens (including phenoxy) is 1. The van der Waals surface area contributed by atoms with Gasteiger partial charge >= 0.3 is 5.69 Å². The quantitative estimate of drug-likeness (QED) is 0.476. The lowest BCUT2D eigenvalue weighted by Crippen LogP contribution is -2.34. The molecular weight excluding hydrogens is 354 g/mol. The Labute approximate surface area is 154 Å². The zero-order chi connectivity index (χ0) is 19.8. The topological polar surface area (TPSA) is 153 Å². The largest absolute Gasteiger partial charge is 0.472 e. The fourth-order valence-corrected chi connectivity index (χ4v) is 2.93. The van der Waals surface area contributed by atoms with Crippen LogP contribution in [-0.2, 0) is 0 Å². The standard InChI is InChI=1S/C17H23N5O5/c1-17(2,3)27-15-8(10-4-12(24)11(7-23)20-10)5-18-13(21-15)9-6-19-16(26)22-14(9)25/h5-6,10-12,20,23-24H,4,7H2,1-3H3,(H2,19,22,25,26)/t10?,11-,12-/m0/s1. The van der Waals surface area contributed by atoms with Gasteiger partial charge in [-0.05, 0) is 27.2 Å². The van der Waals surface area contributed by atoms with Crippen molar-refractivity contribution >= 4 is 0 Å². The van der Waals surface area contributed by atoms with Gasteiger partial charge in [-0.2, -0.15) is 4.98 Å². The first-order chi connectivity index (χ1) is 12.7. The molecule has 2 aromatic heterocycles. The number of hydrogen-bond donors (Lipinski definition) is 5. The summed E-state index contributed by atoms with van der Waals surface area (Å²) in [4.78, 5) is 36.4. The van der Waals surface area contributed by atoms with Crippen LogP contribution >= 0.6 is 0 Å². The Balaban J connectivity index is 2.04. The third kappa shape index (κ3) is 4.24. The summed E-state index contributed by atoms with van der Waals surface area (Å²) in [7, 11) is 0. The Bertz CT molecular complexity index is 932. The number of aliphatic hydroxyl groups is 2. The molecule has 5 N–H and O–H groups in total. The zero-order valence-electron chi connectivity index (χ0n) is 15.3. The summed E-state index contributed by atoms with van der Waals surface area (Å²) >= 11 is 0. The molecule has 1 aliphatic rings. The predicted octanol–water partition coefficient (Wildman–Crippen LogP) is -0.546. The molecule has 1 aliphatic heterocycles. The van der Waals surface area contributed by atoms with Gasteiger partial charge in [0.1, 0.15) is 11.2 Å². The van der Waals surface area contributed by atoms with E-state index in [1.807, 2.05) is 20.8 Å². The number of aliphatic hydroxyl groups excluding tert-OH is 2. The van der Waals surface area contributed by atoms with E-state index in [9.17, 15) is 19.8 Å². The van der Waals surface area contributed by atoms with E-state index in [4.69, 9.17) is 4.74 Å². The summed E-state index contributed by atoms with van der Waals surface area (Å²) in [5.74, 6) is 0.370. The van der Waals surface area contributed by atoms with Crippen molar-refractivity contribution in [3.05, 3.63) is 38.8 Å². The van der Waals surface area contributed by atoms with Gasteiger partial charge in [0.15, 0.2) is 5.82 Å². The van der Waals surface area contributed by atoms with Crippen molar-refractivity contribution in [3.8, 4) is 17.3 Å². The summed E-state index contributed by atoms with van der Waals surface area (Å²) < 4.78 is 5.96. The molecule has 3 heterocycles. The van der Waals surface area contributed by atoms with Crippen molar-refractivity contribution in [2.45, 2.75) is 51.0 Å². The van der Waals surface area contributed by atoms with Gasteiger partial charge in [-0.15, -0.1) is 0 Å². The van der Waals surface area contributed by atoms with E-state index in [2.05, 4.69) is 25.3 Å². The van der Waals surface area contributed by atoms with E-state index >= 15 is 0 Å². The molecule has 1 fully saturated rings. The van der Waals surface area contributed by atoms with Gasteiger partial charge in [-0.25, -0.2) is 9.78 Å². The molecule has 1 unspecified atom stereocenters. The maximum Gasteiger partial charge on any atom is 0.325 e. The summed E-state index contributed by atoms with van der Waals surface area (Å²) in [6.07, 6.45) is 2.44. The first kappa shape index (κ1) is 19.2. The molecule has 3 rings (SSSR count). The maximum absolute atomic E-state index is 12.0. The highest BCUT2D eigenvalue weighted by Gasteiger charge is 2.35. The van der Waals surface area contributed by atoms with E-state index in [0.717, 1.165) is 0 Å². The predicted molar refractivity (Wildman–Crippen MR) is 96.5 cm³/mol. The molecule has 0 bridgehead atoms. The molecule has 10 heteroatoms. The molecule has 27 heavy (non-hydrogen) atoms. The molecule has 0 aromatic carbocycles. The number of hydrogen-bond acceptors (Lipinski definition) is 8. The molecule has 0 amide bonds. The van der Waals surface area contributed by atoms with Crippen molar-refractivity contribution in [1.82, 2.24) is 25.3 Å². The molecule has 146 valence electrons. The van der Waals surface area contributed by atoms with Crippen LogP contribution in [0.3, 0.4) is 0 Å². The lowest BCUT2D eigenvalue weighted by atomic mass is 10.1. The number of rotatable bonds is 4. The summed E-state index contributed by atoms with van der Waals surface area (Å²) in [6.45, 7) is 5.38. The van der Waals surface area contributed by atoms with Crippen molar-refractivity contribution in [1.29, 1.82) is 0 Å². The number of nitrogens with one attached hydrogen (secondary N) is 3. The number of aromatic nitrogens is 4. The summed E-state index contributed by atoms with van der Waals surface area (Å²) in [5.41, 5.74) is -1.07. The second-order valence-corrected chi connectivity index (χ2v) is 7.47. The van der Waals surface area contributed by atoms with Crippen LogP contribution in [0.2, 0.25) is 0 Å². The lowest BCUT2D eigenvalue weighted by molar-refractivity contribution is 0.120. The fraction of sp³-hybridized carbons (Fsp3) is 0.529. The Morgan fingerprint density at radius 1 is 1.33 bits per heavy atom. The molecule has 0 radical (unpaired) electrons. The summed E-state index contributed by atoms with van der Waals surface area (Å²) in [6, 6.07) is -0.753.